The summed E-state index contributed by atoms with van der Waals surface area (Å²) in [5.41, 5.74) is 1.07. The smallest absolute Gasteiger partial charge is 0.226 e. The van der Waals surface area contributed by atoms with E-state index >= 15 is 0 Å². The van der Waals surface area contributed by atoms with Crippen molar-refractivity contribution in [3.8, 4) is 5.75 Å². The normalized spacial score (nSPS) is 18.0. The highest BCUT2D eigenvalue weighted by Crippen LogP contribution is 2.26. The number of amides is 1. The molecule has 1 fully saturated rings. The largest absolute Gasteiger partial charge is 0.493 e. The van der Waals surface area contributed by atoms with Crippen molar-refractivity contribution in [1.82, 2.24) is 4.90 Å². The summed E-state index contributed by atoms with van der Waals surface area (Å²) in [5.74, 6) is 1.93. The molecule has 0 spiro atoms. The minimum Gasteiger partial charge on any atom is -0.493 e. The Bertz CT molecular complexity index is 563. The number of hydrogen-bond acceptors (Lipinski definition) is 3. The fourth-order valence-electron chi connectivity index (χ4n) is 3.06. The highest BCUT2D eigenvalue weighted by atomic mass is 16.5. The molecule has 1 atom stereocenters. The molecule has 4 heteroatoms. The third-order valence-corrected chi connectivity index (χ3v) is 4.51. The van der Waals surface area contributed by atoms with Gasteiger partial charge in [0.15, 0.2) is 0 Å². The summed E-state index contributed by atoms with van der Waals surface area (Å²) < 4.78 is 11.7. The van der Waals surface area contributed by atoms with Crippen LogP contribution in [0.4, 0.5) is 0 Å². The van der Waals surface area contributed by atoms with Crippen LogP contribution in [0.3, 0.4) is 0 Å². The first-order chi connectivity index (χ1) is 11.8. The van der Waals surface area contributed by atoms with E-state index in [0.717, 1.165) is 31.9 Å². The Hall–Kier alpha value is -1.55. The van der Waals surface area contributed by atoms with E-state index in [1.54, 1.807) is 0 Å². The quantitative estimate of drug-likeness (QED) is 0.740. The van der Waals surface area contributed by atoms with E-state index in [0.29, 0.717) is 24.9 Å². The molecule has 1 aliphatic heterocycles. The maximum absolute atomic E-state index is 12.4. The first-order valence-electron chi connectivity index (χ1n) is 9.39. The second-order valence-corrected chi connectivity index (χ2v) is 8.21. The monoisotopic (exact) mass is 347 g/mol. The van der Waals surface area contributed by atoms with Gasteiger partial charge in [-0.05, 0) is 44.7 Å². The Kier molecular flexibility index (Phi) is 6.88. The molecule has 25 heavy (non-hydrogen) atoms. The van der Waals surface area contributed by atoms with Gasteiger partial charge in [-0.25, -0.2) is 0 Å². The van der Waals surface area contributed by atoms with Crippen molar-refractivity contribution >= 4 is 5.91 Å². The SMILES string of the molecule is CC(C)c1ccccc1OCCC(=O)N1CCC(COC(C)(C)C)C1. The fraction of sp³-hybridized carbons (Fsp3) is 0.667. The lowest BCUT2D eigenvalue weighted by Gasteiger charge is -2.22. The molecule has 1 amide bonds. The van der Waals surface area contributed by atoms with Crippen LogP contribution in [0, 0.1) is 5.92 Å². The maximum Gasteiger partial charge on any atom is 0.226 e. The number of likely N-dealkylation sites (tertiary alicyclic amines) is 1. The molecule has 2 rings (SSSR count). The Labute approximate surface area is 152 Å². The first-order valence-corrected chi connectivity index (χ1v) is 9.39. The number of hydrogen-bond donors (Lipinski definition) is 0. The molecule has 1 unspecified atom stereocenters. The van der Waals surface area contributed by atoms with E-state index in [-0.39, 0.29) is 11.5 Å². The summed E-state index contributed by atoms with van der Waals surface area (Å²) in [6.45, 7) is 13.3. The van der Waals surface area contributed by atoms with E-state index in [9.17, 15) is 4.79 Å². The van der Waals surface area contributed by atoms with Crippen LogP contribution < -0.4 is 4.74 Å². The van der Waals surface area contributed by atoms with Crippen molar-refractivity contribution in [2.24, 2.45) is 5.92 Å². The summed E-state index contributed by atoms with van der Waals surface area (Å²) in [6, 6.07) is 8.07. The summed E-state index contributed by atoms with van der Waals surface area (Å²) in [6.07, 6.45) is 1.46. The zero-order valence-electron chi connectivity index (χ0n) is 16.4. The third-order valence-electron chi connectivity index (χ3n) is 4.51. The van der Waals surface area contributed by atoms with Crippen LogP contribution in [0.5, 0.6) is 5.75 Å². The molecular formula is C21H33NO3. The van der Waals surface area contributed by atoms with Gasteiger partial charge >= 0.3 is 0 Å². The van der Waals surface area contributed by atoms with Crippen molar-refractivity contribution in [3.05, 3.63) is 29.8 Å². The number of benzene rings is 1. The van der Waals surface area contributed by atoms with Crippen LogP contribution in [0.2, 0.25) is 0 Å². The number of carbonyl (C=O) groups is 1. The predicted molar refractivity (Wildman–Crippen MR) is 101 cm³/mol. The van der Waals surface area contributed by atoms with Gasteiger partial charge in [-0.15, -0.1) is 0 Å². The van der Waals surface area contributed by atoms with Gasteiger partial charge in [0.1, 0.15) is 5.75 Å². The highest BCUT2D eigenvalue weighted by Gasteiger charge is 2.27. The van der Waals surface area contributed by atoms with Gasteiger partial charge in [-0.2, -0.15) is 0 Å². The summed E-state index contributed by atoms with van der Waals surface area (Å²) in [5, 5.41) is 0. The molecule has 0 saturated carbocycles. The second-order valence-electron chi connectivity index (χ2n) is 8.21. The zero-order chi connectivity index (χ0) is 18.4. The molecule has 4 nitrogen and oxygen atoms in total. The van der Waals surface area contributed by atoms with Gasteiger partial charge in [0.2, 0.25) is 5.91 Å². The Morgan fingerprint density at radius 1 is 1.28 bits per heavy atom. The van der Waals surface area contributed by atoms with Crippen LogP contribution in [-0.4, -0.2) is 42.7 Å². The maximum atomic E-state index is 12.4. The van der Waals surface area contributed by atoms with Gasteiger partial charge < -0.3 is 14.4 Å². The highest BCUT2D eigenvalue weighted by molar-refractivity contribution is 5.76. The van der Waals surface area contributed by atoms with E-state index in [2.05, 4.69) is 40.7 Å². The predicted octanol–water partition coefficient (Wildman–Crippen LogP) is 4.24. The van der Waals surface area contributed by atoms with Crippen molar-refractivity contribution in [2.75, 3.05) is 26.3 Å². The van der Waals surface area contributed by atoms with Crippen LogP contribution in [0.15, 0.2) is 24.3 Å². The van der Waals surface area contributed by atoms with E-state index < -0.39 is 0 Å². The van der Waals surface area contributed by atoms with Crippen LogP contribution >= 0.6 is 0 Å². The second kappa shape index (κ2) is 8.70. The minimum atomic E-state index is -0.116. The van der Waals surface area contributed by atoms with Gasteiger partial charge in [0, 0.05) is 19.0 Å². The van der Waals surface area contributed by atoms with Gasteiger partial charge in [-0.1, -0.05) is 32.0 Å². The van der Waals surface area contributed by atoms with E-state index in [1.165, 1.54) is 5.56 Å². The van der Waals surface area contributed by atoms with Crippen molar-refractivity contribution in [2.45, 2.75) is 59.0 Å². The van der Waals surface area contributed by atoms with Crippen LogP contribution in [0.25, 0.3) is 0 Å². The van der Waals surface area contributed by atoms with Gasteiger partial charge in [0.25, 0.3) is 0 Å². The molecular weight excluding hydrogens is 314 g/mol. The Morgan fingerprint density at radius 2 is 2.00 bits per heavy atom. The average molecular weight is 347 g/mol. The Morgan fingerprint density at radius 3 is 2.68 bits per heavy atom. The lowest BCUT2D eigenvalue weighted by Crippen LogP contribution is -2.31. The Balaban J connectivity index is 1.75. The molecule has 1 aliphatic rings. The third kappa shape index (κ3) is 6.35. The van der Waals surface area contributed by atoms with Gasteiger partial charge in [0.05, 0.1) is 25.2 Å². The summed E-state index contributed by atoms with van der Waals surface area (Å²) in [4.78, 5) is 14.4. The topological polar surface area (TPSA) is 38.8 Å². The number of ether oxygens (including phenoxy) is 2. The molecule has 1 aromatic rings. The molecule has 0 radical (unpaired) electrons. The number of para-hydroxylation sites is 1. The van der Waals surface area contributed by atoms with E-state index in [1.807, 2.05) is 23.1 Å². The lowest BCUT2D eigenvalue weighted by atomic mass is 10.0. The molecule has 0 aliphatic carbocycles. The molecule has 0 N–H and O–H groups in total. The summed E-state index contributed by atoms with van der Waals surface area (Å²) in [7, 11) is 0. The summed E-state index contributed by atoms with van der Waals surface area (Å²) >= 11 is 0. The lowest BCUT2D eigenvalue weighted by molar-refractivity contribution is -0.130. The molecule has 1 saturated heterocycles. The molecule has 0 bridgehead atoms. The number of rotatable bonds is 7. The van der Waals surface area contributed by atoms with Crippen LogP contribution in [0.1, 0.15) is 58.9 Å². The van der Waals surface area contributed by atoms with Gasteiger partial charge in [-0.3, -0.25) is 4.79 Å². The van der Waals surface area contributed by atoms with E-state index in [4.69, 9.17) is 9.47 Å². The van der Waals surface area contributed by atoms with Crippen molar-refractivity contribution in [3.63, 3.8) is 0 Å². The number of carbonyl (C=O) groups excluding carboxylic acids is 1. The van der Waals surface area contributed by atoms with Crippen molar-refractivity contribution < 1.29 is 14.3 Å². The molecule has 0 aromatic heterocycles. The molecule has 1 aromatic carbocycles. The number of nitrogens with zero attached hydrogens (tertiary/aromatic N) is 1. The van der Waals surface area contributed by atoms with Crippen LogP contribution in [-0.2, 0) is 9.53 Å². The molecule has 1 heterocycles. The average Bonchev–Trinajstić information content (AvgIpc) is 3.01. The molecule has 140 valence electrons. The fourth-order valence-corrected chi connectivity index (χ4v) is 3.06. The minimum absolute atomic E-state index is 0.116. The van der Waals surface area contributed by atoms with Crippen molar-refractivity contribution in [1.29, 1.82) is 0 Å². The standard InChI is InChI=1S/C21H33NO3/c1-16(2)18-8-6-7-9-19(18)24-13-11-20(23)22-12-10-17(14-22)15-25-21(3,4)5/h6-9,16-17H,10-15H2,1-5H3. The zero-order valence-corrected chi connectivity index (χ0v) is 16.4. The first kappa shape index (κ1) is 19.8.